The van der Waals surface area contributed by atoms with Crippen LogP contribution in [0, 0.1) is 0 Å². The van der Waals surface area contributed by atoms with Gasteiger partial charge in [-0.1, -0.05) is 30.3 Å². The van der Waals surface area contributed by atoms with E-state index in [4.69, 9.17) is 9.15 Å². The Morgan fingerprint density at radius 2 is 1.92 bits per heavy atom. The van der Waals surface area contributed by atoms with Gasteiger partial charge in [-0.05, 0) is 38.1 Å². The molecule has 0 unspecified atom stereocenters. The van der Waals surface area contributed by atoms with Crippen molar-refractivity contribution in [1.29, 1.82) is 0 Å². The lowest BCUT2D eigenvalue weighted by atomic mass is 10.0. The first-order valence-corrected chi connectivity index (χ1v) is 8.23. The SMILES string of the molecule is CCOc1ccccc1C(=O)NC[C@@](C)(O)c1cc2ccccc2o1. The Hall–Kier alpha value is -2.79. The fraction of sp³-hybridized carbons (Fsp3) is 0.250. The number of hydrogen-bond acceptors (Lipinski definition) is 4. The van der Waals surface area contributed by atoms with E-state index in [2.05, 4.69) is 5.32 Å². The summed E-state index contributed by atoms with van der Waals surface area (Å²) in [5, 5.41) is 14.4. The van der Waals surface area contributed by atoms with Gasteiger partial charge in [-0.3, -0.25) is 4.79 Å². The molecule has 5 nitrogen and oxygen atoms in total. The number of carbonyl (C=O) groups excluding carboxylic acids is 1. The van der Waals surface area contributed by atoms with E-state index in [-0.39, 0.29) is 12.5 Å². The molecular formula is C20H21NO4. The Morgan fingerprint density at radius 1 is 1.20 bits per heavy atom. The van der Waals surface area contributed by atoms with Gasteiger partial charge < -0.3 is 19.6 Å². The summed E-state index contributed by atoms with van der Waals surface area (Å²) in [6.07, 6.45) is 0. The van der Waals surface area contributed by atoms with E-state index < -0.39 is 5.60 Å². The number of nitrogens with one attached hydrogen (secondary N) is 1. The quantitative estimate of drug-likeness (QED) is 0.721. The van der Waals surface area contributed by atoms with Gasteiger partial charge in [0.1, 0.15) is 22.7 Å². The molecule has 2 N–H and O–H groups in total. The number of ether oxygens (including phenoxy) is 1. The van der Waals surface area contributed by atoms with Crippen LogP contribution in [0.25, 0.3) is 11.0 Å². The Kier molecular flexibility index (Phi) is 4.76. The highest BCUT2D eigenvalue weighted by molar-refractivity contribution is 5.97. The first-order chi connectivity index (χ1) is 12.0. The molecule has 0 fully saturated rings. The van der Waals surface area contributed by atoms with Gasteiger partial charge in [-0.15, -0.1) is 0 Å². The molecule has 1 aromatic heterocycles. The molecule has 1 heterocycles. The summed E-state index contributed by atoms with van der Waals surface area (Å²) >= 11 is 0. The molecule has 2 aromatic carbocycles. The highest BCUT2D eigenvalue weighted by atomic mass is 16.5. The van der Waals surface area contributed by atoms with Gasteiger partial charge in [-0.2, -0.15) is 0 Å². The lowest BCUT2D eigenvalue weighted by Crippen LogP contribution is -2.38. The molecule has 0 radical (unpaired) electrons. The van der Waals surface area contributed by atoms with E-state index in [0.29, 0.717) is 29.3 Å². The van der Waals surface area contributed by atoms with Crippen molar-refractivity contribution < 1.29 is 19.1 Å². The van der Waals surface area contributed by atoms with Crippen LogP contribution in [-0.4, -0.2) is 24.2 Å². The fourth-order valence-corrected chi connectivity index (χ4v) is 2.62. The van der Waals surface area contributed by atoms with Gasteiger partial charge in [0.25, 0.3) is 5.91 Å². The van der Waals surface area contributed by atoms with Crippen molar-refractivity contribution in [2.75, 3.05) is 13.2 Å². The van der Waals surface area contributed by atoms with Gasteiger partial charge in [0, 0.05) is 5.39 Å². The molecule has 5 heteroatoms. The number of rotatable bonds is 6. The molecule has 3 rings (SSSR count). The van der Waals surface area contributed by atoms with E-state index in [1.165, 1.54) is 0 Å². The van der Waals surface area contributed by atoms with Crippen LogP contribution in [0.5, 0.6) is 5.75 Å². The maximum absolute atomic E-state index is 12.5. The summed E-state index contributed by atoms with van der Waals surface area (Å²) in [5.74, 6) is 0.624. The zero-order valence-electron chi connectivity index (χ0n) is 14.3. The summed E-state index contributed by atoms with van der Waals surface area (Å²) in [5.41, 5.74) is -0.189. The maximum atomic E-state index is 12.5. The Balaban J connectivity index is 1.74. The van der Waals surface area contributed by atoms with Gasteiger partial charge in [0.05, 0.1) is 18.7 Å². The lowest BCUT2D eigenvalue weighted by Gasteiger charge is -2.21. The zero-order valence-corrected chi connectivity index (χ0v) is 14.3. The summed E-state index contributed by atoms with van der Waals surface area (Å²) in [4.78, 5) is 12.5. The van der Waals surface area contributed by atoms with E-state index in [0.717, 1.165) is 5.39 Å². The molecule has 3 aromatic rings. The normalized spacial score (nSPS) is 13.4. The minimum absolute atomic E-state index is 0.0200. The molecule has 0 saturated heterocycles. The molecule has 1 atom stereocenters. The molecule has 0 spiro atoms. The predicted molar refractivity (Wildman–Crippen MR) is 95.7 cm³/mol. The smallest absolute Gasteiger partial charge is 0.255 e. The van der Waals surface area contributed by atoms with Crippen molar-refractivity contribution in [2.24, 2.45) is 0 Å². The van der Waals surface area contributed by atoms with Crippen molar-refractivity contribution in [1.82, 2.24) is 5.32 Å². The summed E-state index contributed by atoms with van der Waals surface area (Å²) < 4.78 is 11.2. The first-order valence-electron chi connectivity index (χ1n) is 8.23. The van der Waals surface area contributed by atoms with Crippen molar-refractivity contribution in [2.45, 2.75) is 19.4 Å². The Morgan fingerprint density at radius 3 is 2.68 bits per heavy atom. The second kappa shape index (κ2) is 6.99. The minimum Gasteiger partial charge on any atom is -0.493 e. The maximum Gasteiger partial charge on any atom is 0.255 e. The van der Waals surface area contributed by atoms with E-state index >= 15 is 0 Å². The number of hydrogen-bond donors (Lipinski definition) is 2. The number of aliphatic hydroxyl groups is 1. The molecule has 0 bridgehead atoms. The third-order valence-electron chi connectivity index (χ3n) is 3.98. The van der Waals surface area contributed by atoms with Crippen LogP contribution in [0.15, 0.2) is 59.0 Å². The predicted octanol–water partition coefficient (Wildman–Crippen LogP) is 3.47. The first kappa shape index (κ1) is 17.0. The highest BCUT2D eigenvalue weighted by Gasteiger charge is 2.28. The molecule has 0 aliphatic rings. The monoisotopic (exact) mass is 339 g/mol. The van der Waals surface area contributed by atoms with Crippen molar-refractivity contribution in [3.8, 4) is 5.75 Å². The lowest BCUT2D eigenvalue weighted by molar-refractivity contribution is 0.0344. The average molecular weight is 339 g/mol. The standard InChI is InChI=1S/C20H21NO4/c1-3-24-17-11-7-5-9-15(17)19(22)21-13-20(2,23)18-12-14-8-4-6-10-16(14)25-18/h4-12,23H,3,13H2,1-2H3,(H,21,22)/t20-/m1/s1. The van der Waals surface area contributed by atoms with Crippen molar-refractivity contribution in [3.05, 3.63) is 65.9 Å². The third kappa shape index (κ3) is 3.67. The highest BCUT2D eigenvalue weighted by Crippen LogP contribution is 2.27. The number of para-hydroxylation sites is 2. The summed E-state index contributed by atoms with van der Waals surface area (Å²) in [6, 6.07) is 16.3. The van der Waals surface area contributed by atoms with Gasteiger partial charge >= 0.3 is 0 Å². The number of furan rings is 1. The van der Waals surface area contributed by atoms with Crippen LogP contribution in [-0.2, 0) is 5.60 Å². The number of carbonyl (C=O) groups is 1. The minimum atomic E-state index is -1.32. The molecule has 1 amide bonds. The Bertz CT molecular complexity index is 849. The molecule has 0 saturated carbocycles. The van der Waals surface area contributed by atoms with Crippen LogP contribution in [0.2, 0.25) is 0 Å². The average Bonchev–Trinajstić information content (AvgIpc) is 3.06. The molecular weight excluding hydrogens is 318 g/mol. The van der Waals surface area contributed by atoms with Crippen molar-refractivity contribution in [3.63, 3.8) is 0 Å². The molecule has 0 aliphatic carbocycles. The van der Waals surface area contributed by atoms with Crippen LogP contribution in [0.1, 0.15) is 30.0 Å². The van der Waals surface area contributed by atoms with E-state index in [1.54, 1.807) is 31.2 Å². The van der Waals surface area contributed by atoms with Gasteiger partial charge in [-0.25, -0.2) is 0 Å². The third-order valence-corrected chi connectivity index (χ3v) is 3.98. The second-order valence-electron chi connectivity index (χ2n) is 6.03. The van der Waals surface area contributed by atoms with Gasteiger partial charge in [0.2, 0.25) is 0 Å². The van der Waals surface area contributed by atoms with E-state index in [1.807, 2.05) is 37.3 Å². The topological polar surface area (TPSA) is 71.7 Å². The number of benzene rings is 2. The summed E-state index contributed by atoms with van der Waals surface area (Å²) in [6.45, 7) is 3.97. The van der Waals surface area contributed by atoms with Crippen LogP contribution >= 0.6 is 0 Å². The second-order valence-corrected chi connectivity index (χ2v) is 6.03. The zero-order chi connectivity index (χ0) is 17.9. The number of fused-ring (bicyclic) bond motifs is 1. The molecule has 0 aliphatic heterocycles. The molecule has 130 valence electrons. The van der Waals surface area contributed by atoms with Crippen molar-refractivity contribution >= 4 is 16.9 Å². The van der Waals surface area contributed by atoms with E-state index in [9.17, 15) is 9.90 Å². The number of amides is 1. The summed E-state index contributed by atoms with van der Waals surface area (Å²) in [7, 11) is 0. The fourth-order valence-electron chi connectivity index (χ4n) is 2.62. The van der Waals surface area contributed by atoms with Crippen LogP contribution in [0.4, 0.5) is 0 Å². The largest absolute Gasteiger partial charge is 0.493 e. The van der Waals surface area contributed by atoms with Gasteiger partial charge in [0.15, 0.2) is 0 Å². The van der Waals surface area contributed by atoms with Crippen LogP contribution < -0.4 is 10.1 Å². The molecule has 25 heavy (non-hydrogen) atoms. The van der Waals surface area contributed by atoms with Crippen LogP contribution in [0.3, 0.4) is 0 Å². The Labute approximate surface area is 146 Å².